The molecule has 4 nitrogen and oxygen atoms in total. The minimum atomic E-state index is -0.411. The summed E-state index contributed by atoms with van der Waals surface area (Å²) < 4.78 is 14.8. The molecular formula is C15H10ClFN4S. The molecule has 0 atom stereocenters. The quantitative estimate of drug-likeness (QED) is 0.702. The average Bonchev–Trinajstić information content (AvgIpc) is 2.91. The SMILES string of the molecule is C=NC(=C)Nc1nccc2nc(-c3c(F)cccc3Cl)sc12. The summed E-state index contributed by atoms with van der Waals surface area (Å²) in [5.41, 5.74) is 0.977. The van der Waals surface area contributed by atoms with Gasteiger partial charge in [-0.3, -0.25) is 0 Å². The summed E-state index contributed by atoms with van der Waals surface area (Å²) in [7, 11) is 0. The summed E-state index contributed by atoms with van der Waals surface area (Å²) in [6, 6.07) is 6.29. The van der Waals surface area contributed by atoms with Gasteiger partial charge in [0.15, 0.2) is 5.82 Å². The topological polar surface area (TPSA) is 50.2 Å². The van der Waals surface area contributed by atoms with Gasteiger partial charge >= 0.3 is 0 Å². The molecule has 7 heteroatoms. The molecule has 0 aliphatic rings. The van der Waals surface area contributed by atoms with Crippen LogP contribution in [0.25, 0.3) is 20.8 Å². The lowest BCUT2D eigenvalue weighted by atomic mass is 10.2. The molecule has 22 heavy (non-hydrogen) atoms. The highest BCUT2D eigenvalue weighted by atomic mass is 35.5. The molecule has 0 unspecified atom stereocenters. The third kappa shape index (κ3) is 2.58. The van der Waals surface area contributed by atoms with Crippen LogP contribution in [-0.2, 0) is 0 Å². The first-order chi connectivity index (χ1) is 10.6. The monoisotopic (exact) mass is 332 g/mol. The van der Waals surface area contributed by atoms with E-state index in [4.69, 9.17) is 11.6 Å². The van der Waals surface area contributed by atoms with Crippen LogP contribution >= 0.6 is 22.9 Å². The summed E-state index contributed by atoms with van der Waals surface area (Å²) in [6.07, 6.45) is 1.60. The predicted octanol–water partition coefficient (Wildman–Crippen LogP) is 4.73. The Balaban J connectivity index is 2.16. The molecule has 0 aliphatic heterocycles. The molecule has 0 saturated carbocycles. The number of fused-ring (bicyclic) bond motifs is 1. The maximum Gasteiger partial charge on any atom is 0.151 e. The number of nitrogens with one attached hydrogen (secondary N) is 1. The van der Waals surface area contributed by atoms with Crippen molar-refractivity contribution in [3.05, 3.63) is 53.7 Å². The van der Waals surface area contributed by atoms with Gasteiger partial charge in [0, 0.05) is 6.20 Å². The van der Waals surface area contributed by atoms with E-state index in [2.05, 4.69) is 33.6 Å². The van der Waals surface area contributed by atoms with Crippen molar-refractivity contribution in [1.82, 2.24) is 9.97 Å². The summed E-state index contributed by atoms with van der Waals surface area (Å²) >= 11 is 7.39. The van der Waals surface area contributed by atoms with Crippen molar-refractivity contribution in [3.63, 3.8) is 0 Å². The number of aliphatic imine (C=N–C) groups is 1. The first-order valence-corrected chi connectivity index (χ1v) is 7.42. The van der Waals surface area contributed by atoms with Crippen molar-refractivity contribution in [3.8, 4) is 10.6 Å². The summed E-state index contributed by atoms with van der Waals surface area (Å²) in [5.74, 6) is 0.510. The Kier molecular flexibility index (Phi) is 3.87. The van der Waals surface area contributed by atoms with Crippen molar-refractivity contribution in [1.29, 1.82) is 0 Å². The molecule has 0 bridgehead atoms. The number of anilines is 1. The minimum absolute atomic E-state index is 0.289. The fourth-order valence-electron chi connectivity index (χ4n) is 1.93. The van der Waals surface area contributed by atoms with Gasteiger partial charge < -0.3 is 5.32 Å². The van der Waals surface area contributed by atoms with Gasteiger partial charge in [0.25, 0.3) is 0 Å². The van der Waals surface area contributed by atoms with Crippen LogP contribution in [0, 0.1) is 5.82 Å². The number of benzene rings is 1. The van der Waals surface area contributed by atoms with Crippen LogP contribution in [0.2, 0.25) is 5.02 Å². The molecule has 0 aliphatic carbocycles. The largest absolute Gasteiger partial charge is 0.324 e. The fourth-order valence-corrected chi connectivity index (χ4v) is 3.30. The van der Waals surface area contributed by atoms with Crippen LogP contribution < -0.4 is 5.32 Å². The highest BCUT2D eigenvalue weighted by Gasteiger charge is 2.16. The van der Waals surface area contributed by atoms with Crippen molar-refractivity contribution >= 4 is 45.7 Å². The molecular weight excluding hydrogens is 323 g/mol. The molecule has 0 spiro atoms. The Hall–Kier alpha value is -2.31. The molecule has 110 valence electrons. The zero-order valence-electron chi connectivity index (χ0n) is 11.3. The Morgan fingerprint density at radius 3 is 2.91 bits per heavy atom. The first kappa shape index (κ1) is 14.6. The van der Waals surface area contributed by atoms with Crippen molar-refractivity contribution in [2.45, 2.75) is 0 Å². The van der Waals surface area contributed by atoms with Gasteiger partial charge in [-0.2, -0.15) is 0 Å². The van der Waals surface area contributed by atoms with E-state index in [0.717, 1.165) is 4.70 Å². The average molecular weight is 333 g/mol. The van der Waals surface area contributed by atoms with Crippen molar-refractivity contribution < 1.29 is 4.39 Å². The second-order valence-electron chi connectivity index (χ2n) is 4.35. The van der Waals surface area contributed by atoms with E-state index in [1.165, 1.54) is 17.4 Å². The highest BCUT2D eigenvalue weighted by molar-refractivity contribution is 7.22. The zero-order chi connectivity index (χ0) is 15.7. The van der Waals surface area contributed by atoms with E-state index in [1.807, 2.05) is 0 Å². The van der Waals surface area contributed by atoms with Crippen molar-refractivity contribution in [2.24, 2.45) is 4.99 Å². The van der Waals surface area contributed by atoms with E-state index < -0.39 is 5.82 Å². The number of nitrogens with zero attached hydrogens (tertiary/aromatic N) is 3. The molecule has 3 rings (SSSR count). The van der Waals surface area contributed by atoms with Gasteiger partial charge in [0.05, 0.1) is 20.8 Å². The molecule has 1 aromatic carbocycles. The number of thiazole rings is 1. The summed E-state index contributed by atoms with van der Waals surface area (Å²) in [6.45, 7) is 7.09. The molecule has 0 radical (unpaired) electrons. The van der Waals surface area contributed by atoms with Gasteiger partial charge in [-0.25, -0.2) is 19.4 Å². The van der Waals surface area contributed by atoms with Crippen molar-refractivity contribution in [2.75, 3.05) is 5.32 Å². The van der Waals surface area contributed by atoms with Gasteiger partial charge in [-0.05, 0) is 24.9 Å². The fraction of sp³-hybridized carbons (Fsp3) is 0. The first-order valence-electron chi connectivity index (χ1n) is 6.22. The predicted molar refractivity (Wildman–Crippen MR) is 90.1 cm³/mol. The summed E-state index contributed by atoms with van der Waals surface area (Å²) in [4.78, 5) is 12.4. The van der Waals surface area contributed by atoms with Crippen LogP contribution in [-0.4, -0.2) is 16.7 Å². The molecule has 2 aromatic heterocycles. The third-order valence-electron chi connectivity index (χ3n) is 2.93. The molecule has 0 fully saturated rings. The number of rotatable bonds is 4. The van der Waals surface area contributed by atoms with Crippen LogP contribution in [0.15, 0.2) is 47.9 Å². The number of hydrogen-bond acceptors (Lipinski definition) is 5. The number of halogens is 2. The van der Waals surface area contributed by atoms with E-state index >= 15 is 0 Å². The lowest BCUT2D eigenvalue weighted by Gasteiger charge is -2.03. The number of pyridine rings is 1. The van der Waals surface area contributed by atoms with Gasteiger partial charge in [-0.1, -0.05) is 24.2 Å². The zero-order valence-corrected chi connectivity index (χ0v) is 12.9. The molecule has 3 aromatic rings. The lowest BCUT2D eigenvalue weighted by molar-refractivity contribution is 0.631. The van der Waals surface area contributed by atoms with Crippen LogP contribution in [0.4, 0.5) is 10.2 Å². The highest BCUT2D eigenvalue weighted by Crippen LogP contribution is 2.38. The van der Waals surface area contributed by atoms with Gasteiger partial charge in [0.2, 0.25) is 0 Å². The smallest absolute Gasteiger partial charge is 0.151 e. The maximum atomic E-state index is 14.0. The van der Waals surface area contributed by atoms with E-state index in [1.54, 1.807) is 24.4 Å². The van der Waals surface area contributed by atoms with E-state index in [-0.39, 0.29) is 5.56 Å². The lowest BCUT2D eigenvalue weighted by Crippen LogP contribution is -1.97. The van der Waals surface area contributed by atoms with Gasteiger partial charge in [-0.15, -0.1) is 11.3 Å². The molecule has 2 heterocycles. The second kappa shape index (κ2) is 5.82. The van der Waals surface area contributed by atoms with Crippen LogP contribution in [0.3, 0.4) is 0 Å². The Morgan fingerprint density at radius 2 is 2.18 bits per heavy atom. The third-order valence-corrected chi connectivity index (χ3v) is 4.35. The molecule has 1 N–H and O–H groups in total. The Morgan fingerprint density at radius 1 is 1.36 bits per heavy atom. The Bertz CT molecular complexity index is 870. The van der Waals surface area contributed by atoms with E-state index in [0.29, 0.717) is 27.2 Å². The van der Waals surface area contributed by atoms with Gasteiger partial charge in [0.1, 0.15) is 16.6 Å². The number of aromatic nitrogens is 2. The normalized spacial score (nSPS) is 10.6. The van der Waals surface area contributed by atoms with Crippen LogP contribution in [0.1, 0.15) is 0 Å². The summed E-state index contributed by atoms with van der Waals surface area (Å²) in [5, 5.41) is 3.75. The second-order valence-corrected chi connectivity index (χ2v) is 5.76. The van der Waals surface area contributed by atoms with E-state index in [9.17, 15) is 4.39 Å². The minimum Gasteiger partial charge on any atom is -0.324 e. The molecule has 0 saturated heterocycles. The standard InChI is InChI=1S/C15H10ClFN4S/c1-8(18-2)20-14-13-11(6-7-19-14)21-15(22-13)12-9(16)4-3-5-10(12)17/h3-7H,1-2H2,(H,19,20). The Labute approximate surface area is 135 Å². The maximum absolute atomic E-state index is 14.0. The molecule has 0 amide bonds. The van der Waals surface area contributed by atoms with Crippen LogP contribution in [0.5, 0.6) is 0 Å². The number of hydrogen-bond donors (Lipinski definition) is 1.